The monoisotopic (exact) mass is 140 g/mol. The van der Waals surface area contributed by atoms with Crippen LogP contribution in [0.4, 0.5) is 0 Å². The van der Waals surface area contributed by atoms with Crippen LogP contribution in [0, 0.1) is 5.92 Å². The van der Waals surface area contributed by atoms with E-state index in [1.807, 2.05) is 6.92 Å². The lowest BCUT2D eigenvalue weighted by Gasteiger charge is -1.94. The zero-order valence-corrected chi connectivity index (χ0v) is 6.64. The molecule has 0 radical (unpaired) electrons. The van der Waals surface area contributed by atoms with Crippen molar-refractivity contribution in [3.63, 3.8) is 0 Å². The van der Waals surface area contributed by atoms with E-state index in [0.29, 0.717) is 0 Å². The molecule has 0 aliphatic heterocycles. The lowest BCUT2D eigenvalue weighted by Crippen LogP contribution is -2.10. The molecule has 1 aliphatic rings. The maximum atomic E-state index is 5.53. The number of nitrogens with zero attached hydrogens (tertiary/aromatic N) is 1. The van der Waals surface area contributed by atoms with E-state index in [4.69, 9.17) is 5.73 Å². The standard InChI is InChI=1S/C8H16N2/c1-2-8(9)10-6-5-7-3-4-7/h7H,2-6H2,1H3,(H2,9,10). The summed E-state index contributed by atoms with van der Waals surface area (Å²) < 4.78 is 0. The van der Waals surface area contributed by atoms with Gasteiger partial charge in [0.05, 0.1) is 5.84 Å². The topological polar surface area (TPSA) is 38.4 Å². The van der Waals surface area contributed by atoms with Crippen molar-refractivity contribution in [2.75, 3.05) is 6.54 Å². The summed E-state index contributed by atoms with van der Waals surface area (Å²) in [5, 5.41) is 0. The van der Waals surface area contributed by atoms with Gasteiger partial charge in [0.15, 0.2) is 0 Å². The van der Waals surface area contributed by atoms with Gasteiger partial charge in [-0.15, -0.1) is 0 Å². The molecule has 1 rings (SSSR count). The van der Waals surface area contributed by atoms with Crippen LogP contribution in [0.15, 0.2) is 4.99 Å². The molecule has 0 unspecified atom stereocenters. The van der Waals surface area contributed by atoms with Crippen LogP contribution in [-0.4, -0.2) is 12.4 Å². The summed E-state index contributed by atoms with van der Waals surface area (Å²) in [6.45, 7) is 2.99. The lowest BCUT2D eigenvalue weighted by molar-refractivity contribution is 0.738. The summed E-state index contributed by atoms with van der Waals surface area (Å²) in [4.78, 5) is 4.22. The first-order chi connectivity index (χ1) is 4.83. The highest BCUT2D eigenvalue weighted by Gasteiger charge is 2.19. The maximum absolute atomic E-state index is 5.53. The maximum Gasteiger partial charge on any atom is 0.0934 e. The molecule has 1 aliphatic carbocycles. The number of rotatable bonds is 4. The van der Waals surface area contributed by atoms with Gasteiger partial charge in [0.25, 0.3) is 0 Å². The van der Waals surface area contributed by atoms with Gasteiger partial charge in [-0.25, -0.2) is 0 Å². The van der Waals surface area contributed by atoms with E-state index in [1.54, 1.807) is 0 Å². The van der Waals surface area contributed by atoms with Crippen LogP contribution in [0.2, 0.25) is 0 Å². The summed E-state index contributed by atoms with van der Waals surface area (Å²) in [5.74, 6) is 1.79. The minimum absolute atomic E-state index is 0.806. The molecule has 2 N–H and O–H groups in total. The molecule has 2 heteroatoms. The van der Waals surface area contributed by atoms with Gasteiger partial charge in [-0.05, 0) is 12.3 Å². The van der Waals surface area contributed by atoms with Gasteiger partial charge in [0, 0.05) is 13.0 Å². The highest BCUT2D eigenvalue weighted by molar-refractivity contribution is 5.79. The predicted octanol–water partition coefficient (Wildman–Crippen LogP) is 1.55. The first-order valence-electron chi connectivity index (χ1n) is 4.11. The quantitative estimate of drug-likeness (QED) is 0.467. The molecule has 1 saturated carbocycles. The van der Waals surface area contributed by atoms with E-state index in [-0.39, 0.29) is 0 Å². The zero-order chi connectivity index (χ0) is 7.40. The summed E-state index contributed by atoms with van der Waals surface area (Å²) in [6, 6.07) is 0. The average Bonchev–Trinajstić information content (AvgIpc) is 2.71. The second kappa shape index (κ2) is 3.59. The van der Waals surface area contributed by atoms with Crippen LogP contribution in [0.5, 0.6) is 0 Å². The largest absolute Gasteiger partial charge is 0.387 e. The number of hydrogen-bond acceptors (Lipinski definition) is 1. The van der Waals surface area contributed by atoms with E-state index >= 15 is 0 Å². The van der Waals surface area contributed by atoms with Gasteiger partial charge in [-0.2, -0.15) is 0 Å². The van der Waals surface area contributed by atoms with Crippen molar-refractivity contribution in [3.8, 4) is 0 Å². The molecular formula is C8H16N2. The first-order valence-corrected chi connectivity index (χ1v) is 4.11. The second-order valence-electron chi connectivity index (χ2n) is 2.96. The smallest absolute Gasteiger partial charge is 0.0934 e. The number of nitrogens with two attached hydrogens (primary N) is 1. The Morgan fingerprint density at radius 1 is 1.60 bits per heavy atom. The van der Waals surface area contributed by atoms with Gasteiger partial charge in [0.2, 0.25) is 0 Å². The summed E-state index contributed by atoms with van der Waals surface area (Å²) in [6.07, 6.45) is 4.98. The fourth-order valence-corrected chi connectivity index (χ4v) is 0.909. The molecule has 58 valence electrons. The van der Waals surface area contributed by atoms with Gasteiger partial charge in [-0.3, -0.25) is 4.99 Å². The Kier molecular flexibility index (Phi) is 2.72. The highest BCUT2D eigenvalue weighted by Crippen LogP contribution is 2.31. The Balaban J connectivity index is 2.01. The van der Waals surface area contributed by atoms with Gasteiger partial charge in [0.1, 0.15) is 0 Å². The normalized spacial score (nSPS) is 19.5. The van der Waals surface area contributed by atoms with E-state index in [0.717, 1.165) is 24.7 Å². The molecule has 0 aromatic carbocycles. The van der Waals surface area contributed by atoms with Crippen LogP contribution in [0.1, 0.15) is 32.6 Å². The Hall–Kier alpha value is -0.530. The van der Waals surface area contributed by atoms with Gasteiger partial charge < -0.3 is 5.73 Å². The molecule has 0 bridgehead atoms. The molecule has 1 fully saturated rings. The van der Waals surface area contributed by atoms with Crippen LogP contribution in [0.3, 0.4) is 0 Å². The minimum Gasteiger partial charge on any atom is -0.387 e. The van der Waals surface area contributed by atoms with Crippen LogP contribution >= 0.6 is 0 Å². The molecule has 0 saturated heterocycles. The van der Waals surface area contributed by atoms with Crippen molar-refractivity contribution in [3.05, 3.63) is 0 Å². The summed E-state index contributed by atoms with van der Waals surface area (Å²) in [7, 11) is 0. The first kappa shape index (κ1) is 7.58. The summed E-state index contributed by atoms with van der Waals surface area (Å²) in [5.41, 5.74) is 5.53. The van der Waals surface area contributed by atoms with E-state index < -0.39 is 0 Å². The Morgan fingerprint density at radius 2 is 2.30 bits per heavy atom. The Morgan fingerprint density at radius 3 is 2.80 bits per heavy atom. The molecule has 0 heterocycles. The predicted molar refractivity (Wildman–Crippen MR) is 44.1 cm³/mol. The third-order valence-electron chi connectivity index (χ3n) is 1.91. The van der Waals surface area contributed by atoms with Crippen molar-refractivity contribution in [1.29, 1.82) is 0 Å². The molecular weight excluding hydrogens is 124 g/mol. The third-order valence-corrected chi connectivity index (χ3v) is 1.91. The molecule has 0 amide bonds. The number of amidine groups is 1. The minimum atomic E-state index is 0.806. The molecule has 10 heavy (non-hydrogen) atoms. The van der Waals surface area contributed by atoms with Crippen LogP contribution in [-0.2, 0) is 0 Å². The highest BCUT2D eigenvalue weighted by atomic mass is 14.8. The molecule has 0 aromatic rings. The SMILES string of the molecule is CCC(N)=NCCC1CC1. The number of hydrogen-bond donors (Lipinski definition) is 1. The van der Waals surface area contributed by atoms with Crippen molar-refractivity contribution in [2.45, 2.75) is 32.6 Å². The number of aliphatic imine (C=N–C) groups is 1. The zero-order valence-electron chi connectivity index (χ0n) is 6.64. The van der Waals surface area contributed by atoms with E-state index in [2.05, 4.69) is 4.99 Å². The molecule has 0 spiro atoms. The summed E-state index contributed by atoms with van der Waals surface area (Å²) >= 11 is 0. The second-order valence-corrected chi connectivity index (χ2v) is 2.96. The third kappa shape index (κ3) is 2.85. The average molecular weight is 140 g/mol. The van der Waals surface area contributed by atoms with Gasteiger partial charge in [-0.1, -0.05) is 19.8 Å². The Labute approximate surface area is 62.5 Å². The van der Waals surface area contributed by atoms with Crippen molar-refractivity contribution in [1.82, 2.24) is 0 Å². The fraction of sp³-hybridized carbons (Fsp3) is 0.875. The molecule has 2 nitrogen and oxygen atoms in total. The van der Waals surface area contributed by atoms with Gasteiger partial charge >= 0.3 is 0 Å². The molecule has 0 aromatic heterocycles. The van der Waals surface area contributed by atoms with Crippen LogP contribution in [0.25, 0.3) is 0 Å². The van der Waals surface area contributed by atoms with Crippen LogP contribution < -0.4 is 5.73 Å². The van der Waals surface area contributed by atoms with E-state index in [9.17, 15) is 0 Å². The lowest BCUT2D eigenvalue weighted by atomic mass is 10.3. The Bertz CT molecular complexity index is 125. The van der Waals surface area contributed by atoms with Crippen molar-refractivity contribution in [2.24, 2.45) is 16.6 Å². The van der Waals surface area contributed by atoms with E-state index in [1.165, 1.54) is 19.3 Å². The fourth-order valence-electron chi connectivity index (χ4n) is 0.909. The van der Waals surface area contributed by atoms with Crippen molar-refractivity contribution < 1.29 is 0 Å². The van der Waals surface area contributed by atoms with Crippen molar-refractivity contribution >= 4 is 5.84 Å². The molecule has 0 atom stereocenters.